The molecule has 2 rings (SSSR count). The Hall–Kier alpha value is -1.11. The highest BCUT2D eigenvalue weighted by atomic mass is 32.2. The highest BCUT2D eigenvalue weighted by Gasteiger charge is 2.21. The van der Waals surface area contributed by atoms with E-state index < -0.39 is 10.0 Å². The lowest BCUT2D eigenvalue weighted by molar-refractivity contribution is 0.273. The molecule has 2 N–H and O–H groups in total. The van der Waals surface area contributed by atoms with Gasteiger partial charge in [-0.15, -0.1) is 0 Å². The summed E-state index contributed by atoms with van der Waals surface area (Å²) in [6, 6.07) is 4.49. The van der Waals surface area contributed by atoms with Crippen LogP contribution in [-0.2, 0) is 16.6 Å². The summed E-state index contributed by atoms with van der Waals surface area (Å²) in [5.74, 6) is 1.29. The molecule has 0 aromatic heterocycles. The molecule has 0 aliphatic heterocycles. The third-order valence-corrected chi connectivity index (χ3v) is 4.97. The number of sulfonamides is 1. The first-order chi connectivity index (χ1) is 9.56. The molecular formula is C14H21NO4S. The molecule has 6 heteroatoms. The van der Waals surface area contributed by atoms with E-state index >= 15 is 0 Å². The van der Waals surface area contributed by atoms with Gasteiger partial charge in [-0.2, -0.15) is 0 Å². The van der Waals surface area contributed by atoms with E-state index in [-0.39, 0.29) is 11.5 Å². The van der Waals surface area contributed by atoms with Gasteiger partial charge in [-0.25, -0.2) is 13.1 Å². The first-order valence-electron chi connectivity index (χ1n) is 6.84. The molecule has 0 bridgehead atoms. The lowest BCUT2D eigenvalue weighted by Gasteiger charge is -2.10. The van der Waals surface area contributed by atoms with E-state index in [0.29, 0.717) is 17.9 Å². The molecule has 1 fully saturated rings. The number of aliphatic hydroxyl groups excluding tert-OH is 1. The summed E-state index contributed by atoms with van der Waals surface area (Å²) in [5.41, 5.74) is 0.466. The Labute approximate surface area is 120 Å². The lowest BCUT2D eigenvalue weighted by atomic mass is 10.2. The quantitative estimate of drug-likeness (QED) is 0.716. The van der Waals surface area contributed by atoms with Crippen molar-refractivity contribution in [3.63, 3.8) is 0 Å². The monoisotopic (exact) mass is 299 g/mol. The highest BCUT2D eigenvalue weighted by Crippen LogP contribution is 2.33. The van der Waals surface area contributed by atoms with Crippen LogP contribution in [0.1, 0.15) is 31.2 Å². The van der Waals surface area contributed by atoms with Crippen LogP contribution in [0.2, 0.25) is 0 Å². The van der Waals surface area contributed by atoms with Gasteiger partial charge in [0, 0.05) is 12.1 Å². The molecule has 0 heterocycles. The van der Waals surface area contributed by atoms with E-state index in [4.69, 9.17) is 4.74 Å². The average molecular weight is 299 g/mol. The molecule has 1 aromatic carbocycles. The van der Waals surface area contributed by atoms with Crippen LogP contribution in [0.4, 0.5) is 0 Å². The van der Waals surface area contributed by atoms with Crippen LogP contribution in [0.5, 0.6) is 5.75 Å². The molecule has 0 amide bonds. The summed E-state index contributed by atoms with van der Waals surface area (Å²) >= 11 is 0. The molecule has 20 heavy (non-hydrogen) atoms. The third-order valence-electron chi connectivity index (χ3n) is 3.51. The zero-order chi connectivity index (χ0) is 14.6. The topological polar surface area (TPSA) is 75.6 Å². The summed E-state index contributed by atoms with van der Waals surface area (Å²) < 4.78 is 31.9. The highest BCUT2D eigenvalue weighted by molar-refractivity contribution is 7.89. The largest absolute Gasteiger partial charge is 0.496 e. The number of rotatable bonds is 8. The van der Waals surface area contributed by atoms with Gasteiger partial charge in [0.05, 0.1) is 18.6 Å². The Bertz CT molecular complexity index is 552. The fourth-order valence-electron chi connectivity index (χ4n) is 2.13. The SMILES string of the molecule is COc1ccc(S(=O)(=O)NCCCC2CC2)cc1CO. The van der Waals surface area contributed by atoms with Crippen LogP contribution in [0.3, 0.4) is 0 Å². The zero-order valence-electron chi connectivity index (χ0n) is 11.6. The second-order valence-corrected chi connectivity index (χ2v) is 6.88. The van der Waals surface area contributed by atoms with Crippen molar-refractivity contribution in [3.05, 3.63) is 23.8 Å². The Morgan fingerprint density at radius 1 is 1.40 bits per heavy atom. The molecule has 1 aliphatic rings. The van der Waals surface area contributed by atoms with Gasteiger partial charge in [0.15, 0.2) is 0 Å². The normalized spacial score (nSPS) is 15.3. The number of hydrogen-bond acceptors (Lipinski definition) is 4. The molecule has 1 aliphatic carbocycles. The van der Waals surface area contributed by atoms with Crippen LogP contribution in [0, 0.1) is 5.92 Å². The minimum Gasteiger partial charge on any atom is -0.496 e. The van der Waals surface area contributed by atoms with Crippen molar-refractivity contribution >= 4 is 10.0 Å². The van der Waals surface area contributed by atoms with Crippen molar-refractivity contribution < 1.29 is 18.3 Å². The summed E-state index contributed by atoms with van der Waals surface area (Å²) in [7, 11) is -2.03. The molecule has 5 nitrogen and oxygen atoms in total. The van der Waals surface area contributed by atoms with Gasteiger partial charge < -0.3 is 9.84 Å². The third kappa shape index (κ3) is 3.94. The maximum atomic E-state index is 12.1. The molecule has 1 saturated carbocycles. The second kappa shape index (κ2) is 6.56. The lowest BCUT2D eigenvalue weighted by Crippen LogP contribution is -2.25. The zero-order valence-corrected chi connectivity index (χ0v) is 12.4. The van der Waals surface area contributed by atoms with E-state index in [2.05, 4.69) is 4.72 Å². The molecule has 0 unspecified atom stereocenters. The van der Waals surface area contributed by atoms with Crippen molar-refractivity contribution in [1.29, 1.82) is 0 Å². The number of benzene rings is 1. The minimum absolute atomic E-state index is 0.161. The van der Waals surface area contributed by atoms with Crippen molar-refractivity contribution in [2.24, 2.45) is 5.92 Å². The molecule has 0 atom stereocenters. The van der Waals surface area contributed by atoms with Crippen LogP contribution >= 0.6 is 0 Å². The summed E-state index contributed by atoms with van der Waals surface area (Å²) in [6.07, 6.45) is 4.52. The van der Waals surface area contributed by atoms with Crippen LogP contribution < -0.4 is 9.46 Å². The first-order valence-corrected chi connectivity index (χ1v) is 8.32. The Kier molecular flexibility index (Phi) is 5.01. The van der Waals surface area contributed by atoms with Gasteiger partial charge in [0.2, 0.25) is 10.0 Å². The number of aliphatic hydroxyl groups is 1. The van der Waals surface area contributed by atoms with E-state index in [9.17, 15) is 13.5 Å². The maximum Gasteiger partial charge on any atom is 0.240 e. The van der Waals surface area contributed by atoms with E-state index in [1.165, 1.54) is 32.1 Å². The average Bonchev–Trinajstić information content (AvgIpc) is 3.27. The van der Waals surface area contributed by atoms with Crippen LogP contribution in [-0.4, -0.2) is 27.2 Å². The Morgan fingerprint density at radius 2 is 2.15 bits per heavy atom. The molecular weight excluding hydrogens is 278 g/mol. The van der Waals surface area contributed by atoms with Gasteiger partial charge in [-0.05, 0) is 37.0 Å². The van der Waals surface area contributed by atoms with Crippen molar-refractivity contribution in [3.8, 4) is 5.75 Å². The number of methoxy groups -OCH3 is 1. The van der Waals surface area contributed by atoms with E-state index in [1.54, 1.807) is 6.07 Å². The second-order valence-electron chi connectivity index (χ2n) is 5.12. The van der Waals surface area contributed by atoms with Gasteiger partial charge in [-0.3, -0.25) is 0 Å². The molecule has 0 spiro atoms. The van der Waals surface area contributed by atoms with Crippen LogP contribution in [0.15, 0.2) is 23.1 Å². The molecule has 0 radical (unpaired) electrons. The fourth-order valence-corrected chi connectivity index (χ4v) is 3.26. The Balaban J connectivity index is 1.99. The standard InChI is InChI=1S/C14H21NO4S/c1-19-14-7-6-13(9-12(14)10-16)20(17,18)15-8-2-3-11-4-5-11/h6-7,9,11,15-16H,2-5,8,10H2,1H3. The first kappa shape index (κ1) is 15.3. The fraction of sp³-hybridized carbons (Fsp3) is 0.571. The van der Waals surface area contributed by atoms with Gasteiger partial charge in [0.25, 0.3) is 0 Å². The predicted molar refractivity (Wildman–Crippen MR) is 76.1 cm³/mol. The van der Waals surface area contributed by atoms with Gasteiger partial charge >= 0.3 is 0 Å². The number of hydrogen-bond donors (Lipinski definition) is 2. The predicted octanol–water partition coefficient (Wildman–Crippen LogP) is 1.66. The van der Waals surface area contributed by atoms with Gasteiger partial charge in [0.1, 0.15) is 5.75 Å². The smallest absolute Gasteiger partial charge is 0.240 e. The Morgan fingerprint density at radius 3 is 2.75 bits per heavy atom. The maximum absolute atomic E-state index is 12.1. The van der Waals surface area contributed by atoms with Crippen molar-refractivity contribution in [2.75, 3.05) is 13.7 Å². The number of ether oxygens (including phenoxy) is 1. The van der Waals surface area contributed by atoms with Gasteiger partial charge in [-0.1, -0.05) is 12.8 Å². The minimum atomic E-state index is -3.51. The summed E-state index contributed by atoms with van der Waals surface area (Å²) in [5, 5.41) is 9.23. The summed E-state index contributed by atoms with van der Waals surface area (Å²) in [6.45, 7) is 0.202. The van der Waals surface area contributed by atoms with E-state index in [0.717, 1.165) is 18.8 Å². The van der Waals surface area contributed by atoms with E-state index in [1.807, 2.05) is 0 Å². The molecule has 0 saturated heterocycles. The molecule has 1 aromatic rings. The summed E-state index contributed by atoms with van der Waals surface area (Å²) in [4.78, 5) is 0.161. The van der Waals surface area contributed by atoms with Crippen molar-refractivity contribution in [1.82, 2.24) is 4.72 Å². The van der Waals surface area contributed by atoms with Crippen molar-refractivity contribution in [2.45, 2.75) is 37.2 Å². The van der Waals surface area contributed by atoms with Crippen LogP contribution in [0.25, 0.3) is 0 Å². The molecule has 112 valence electrons. The number of nitrogens with one attached hydrogen (secondary N) is 1.